The minimum Gasteiger partial charge on any atom is -0.462 e. The van der Waals surface area contributed by atoms with Crippen LogP contribution in [0.25, 0.3) is 0 Å². The van der Waals surface area contributed by atoms with Gasteiger partial charge in [-0.1, -0.05) is 272 Å². The molecule has 0 aliphatic rings. The third-order valence-electron chi connectivity index (χ3n) is 12.9. The lowest BCUT2D eigenvalue weighted by Crippen LogP contribution is -2.30. The van der Waals surface area contributed by atoms with Crippen LogP contribution in [-0.4, -0.2) is 37.2 Å². The van der Waals surface area contributed by atoms with Crippen molar-refractivity contribution in [3.63, 3.8) is 0 Å². The van der Waals surface area contributed by atoms with Crippen molar-refractivity contribution in [2.75, 3.05) is 13.2 Å². The molecule has 0 aliphatic heterocycles. The van der Waals surface area contributed by atoms with E-state index in [0.29, 0.717) is 19.3 Å². The lowest BCUT2D eigenvalue weighted by Gasteiger charge is -2.18. The van der Waals surface area contributed by atoms with Crippen LogP contribution in [0.4, 0.5) is 0 Å². The number of carbonyl (C=O) groups excluding carboxylic acids is 3. The molecular formula is C55H106O6. The highest BCUT2D eigenvalue weighted by molar-refractivity contribution is 5.71. The number of hydrogen-bond acceptors (Lipinski definition) is 6. The highest BCUT2D eigenvalue weighted by atomic mass is 16.6. The fourth-order valence-corrected chi connectivity index (χ4v) is 8.36. The predicted octanol–water partition coefficient (Wildman–Crippen LogP) is 17.8. The number of esters is 3. The van der Waals surface area contributed by atoms with E-state index in [2.05, 4.69) is 27.7 Å². The maximum Gasteiger partial charge on any atom is 0.306 e. The summed E-state index contributed by atoms with van der Waals surface area (Å²) in [5, 5.41) is 0. The topological polar surface area (TPSA) is 78.9 Å². The van der Waals surface area contributed by atoms with Gasteiger partial charge in [0.1, 0.15) is 13.2 Å². The van der Waals surface area contributed by atoms with Crippen LogP contribution in [0.5, 0.6) is 0 Å². The Morgan fingerprint density at radius 3 is 0.852 bits per heavy atom. The second kappa shape index (κ2) is 49.4. The lowest BCUT2D eigenvalue weighted by molar-refractivity contribution is -0.167. The van der Waals surface area contributed by atoms with Crippen LogP contribution in [0, 0.1) is 5.92 Å². The van der Waals surface area contributed by atoms with Crippen molar-refractivity contribution >= 4 is 17.9 Å². The molecule has 0 bridgehead atoms. The van der Waals surface area contributed by atoms with Gasteiger partial charge in [-0.2, -0.15) is 0 Å². The largest absolute Gasteiger partial charge is 0.462 e. The zero-order valence-electron chi connectivity index (χ0n) is 41.6. The van der Waals surface area contributed by atoms with Gasteiger partial charge < -0.3 is 14.2 Å². The molecule has 0 saturated carbocycles. The van der Waals surface area contributed by atoms with Crippen molar-refractivity contribution < 1.29 is 28.6 Å². The van der Waals surface area contributed by atoms with Gasteiger partial charge >= 0.3 is 17.9 Å². The SMILES string of the molecule is CCCCCCCCCCCCCCCCCCCCC(=O)O[C@@H](COC(=O)CCCCCCCCCCCCCCCCC)COC(=O)CCCCCCCCC(C)CC. The molecule has 0 amide bonds. The van der Waals surface area contributed by atoms with E-state index in [9.17, 15) is 14.4 Å². The second-order valence-corrected chi connectivity index (χ2v) is 19.1. The first-order valence-corrected chi connectivity index (χ1v) is 27.4. The van der Waals surface area contributed by atoms with Gasteiger partial charge in [-0.15, -0.1) is 0 Å². The molecule has 61 heavy (non-hydrogen) atoms. The Morgan fingerprint density at radius 2 is 0.574 bits per heavy atom. The molecule has 0 rings (SSSR count). The molecule has 362 valence electrons. The van der Waals surface area contributed by atoms with Crippen molar-refractivity contribution in [2.45, 2.75) is 316 Å². The molecule has 0 aliphatic carbocycles. The summed E-state index contributed by atoms with van der Waals surface area (Å²) in [5.74, 6) is -0.0294. The number of carbonyl (C=O) groups is 3. The summed E-state index contributed by atoms with van der Waals surface area (Å²) in [6, 6.07) is 0. The van der Waals surface area contributed by atoms with E-state index in [1.807, 2.05) is 0 Å². The Labute approximate surface area is 380 Å². The first-order chi connectivity index (χ1) is 29.9. The third kappa shape index (κ3) is 47.7. The molecule has 1 unspecified atom stereocenters. The van der Waals surface area contributed by atoms with E-state index in [0.717, 1.165) is 63.7 Å². The average molecular weight is 863 g/mol. The van der Waals surface area contributed by atoms with Crippen molar-refractivity contribution in [1.82, 2.24) is 0 Å². The monoisotopic (exact) mass is 863 g/mol. The van der Waals surface area contributed by atoms with E-state index in [1.54, 1.807) is 0 Å². The van der Waals surface area contributed by atoms with Gasteiger partial charge in [0.2, 0.25) is 0 Å². The highest BCUT2D eigenvalue weighted by Gasteiger charge is 2.19. The van der Waals surface area contributed by atoms with E-state index in [1.165, 1.54) is 205 Å². The summed E-state index contributed by atoms with van der Waals surface area (Å²) in [4.78, 5) is 38.0. The van der Waals surface area contributed by atoms with Crippen LogP contribution < -0.4 is 0 Å². The maximum atomic E-state index is 12.8. The molecule has 0 aromatic rings. The minimum absolute atomic E-state index is 0.0631. The fraction of sp³-hybridized carbons (Fsp3) is 0.945. The first kappa shape index (κ1) is 59.4. The molecule has 0 fully saturated rings. The van der Waals surface area contributed by atoms with Crippen molar-refractivity contribution in [1.29, 1.82) is 0 Å². The van der Waals surface area contributed by atoms with Gasteiger partial charge in [0.25, 0.3) is 0 Å². The summed E-state index contributed by atoms with van der Waals surface area (Å²) in [6.07, 6.45) is 52.4. The maximum absolute atomic E-state index is 12.8. The van der Waals surface area contributed by atoms with Crippen LogP contribution in [0.1, 0.15) is 310 Å². The Bertz CT molecular complexity index is 920. The molecule has 0 saturated heterocycles. The molecule has 2 atom stereocenters. The van der Waals surface area contributed by atoms with Gasteiger partial charge in [-0.3, -0.25) is 14.4 Å². The molecule has 0 aromatic heterocycles. The summed E-state index contributed by atoms with van der Waals surface area (Å²) in [6.45, 7) is 9.01. The molecule has 0 N–H and O–H groups in total. The molecule has 6 heteroatoms. The number of unbranched alkanes of at least 4 members (excludes halogenated alkanes) is 36. The molecule has 0 heterocycles. The molecular weight excluding hydrogens is 757 g/mol. The van der Waals surface area contributed by atoms with Gasteiger partial charge in [0, 0.05) is 19.3 Å². The Hall–Kier alpha value is -1.59. The number of hydrogen-bond donors (Lipinski definition) is 0. The van der Waals surface area contributed by atoms with Gasteiger partial charge in [0.15, 0.2) is 6.10 Å². The van der Waals surface area contributed by atoms with Gasteiger partial charge in [-0.25, -0.2) is 0 Å². The van der Waals surface area contributed by atoms with Crippen LogP contribution in [0.2, 0.25) is 0 Å². The van der Waals surface area contributed by atoms with Crippen LogP contribution in [-0.2, 0) is 28.6 Å². The summed E-state index contributed by atoms with van der Waals surface area (Å²) >= 11 is 0. The number of rotatable bonds is 50. The smallest absolute Gasteiger partial charge is 0.306 e. The summed E-state index contributed by atoms with van der Waals surface area (Å²) < 4.78 is 16.8. The van der Waals surface area contributed by atoms with E-state index in [-0.39, 0.29) is 31.1 Å². The van der Waals surface area contributed by atoms with E-state index >= 15 is 0 Å². The Morgan fingerprint density at radius 1 is 0.328 bits per heavy atom. The van der Waals surface area contributed by atoms with E-state index in [4.69, 9.17) is 14.2 Å². The quantitative estimate of drug-likeness (QED) is 0.0344. The average Bonchev–Trinajstić information content (AvgIpc) is 3.26. The molecule has 0 aromatic carbocycles. The van der Waals surface area contributed by atoms with Crippen molar-refractivity contribution in [3.05, 3.63) is 0 Å². The van der Waals surface area contributed by atoms with Gasteiger partial charge in [-0.05, 0) is 25.2 Å². The Kier molecular flexibility index (Phi) is 48.1. The molecule has 0 spiro atoms. The minimum atomic E-state index is -0.762. The highest BCUT2D eigenvalue weighted by Crippen LogP contribution is 2.18. The van der Waals surface area contributed by atoms with Crippen LogP contribution >= 0.6 is 0 Å². The van der Waals surface area contributed by atoms with Crippen LogP contribution in [0.15, 0.2) is 0 Å². The van der Waals surface area contributed by atoms with Crippen molar-refractivity contribution in [2.24, 2.45) is 5.92 Å². The summed E-state index contributed by atoms with van der Waals surface area (Å²) in [7, 11) is 0. The molecule has 0 radical (unpaired) electrons. The van der Waals surface area contributed by atoms with Gasteiger partial charge in [0.05, 0.1) is 0 Å². The predicted molar refractivity (Wildman–Crippen MR) is 261 cm³/mol. The van der Waals surface area contributed by atoms with Crippen LogP contribution in [0.3, 0.4) is 0 Å². The molecule has 6 nitrogen and oxygen atoms in total. The standard InChI is InChI=1S/C55H106O6/c1-5-8-10-12-14-16-18-20-22-23-24-26-28-30-32-34-40-44-48-55(58)61-52(50-60-54(57)47-43-39-36-35-37-41-45-51(4)7-3)49-59-53(56)46-42-38-33-31-29-27-25-21-19-17-15-13-11-9-6-2/h51-52H,5-50H2,1-4H3/t51?,52-/m0/s1. The normalized spacial score (nSPS) is 12.4. The first-order valence-electron chi connectivity index (χ1n) is 27.4. The zero-order chi connectivity index (χ0) is 44.5. The lowest BCUT2D eigenvalue weighted by atomic mass is 10.00. The second-order valence-electron chi connectivity index (χ2n) is 19.1. The Balaban J connectivity index is 4.26. The third-order valence-corrected chi connectivity index (χ3v) is 12.9. The zero-order valence-corrected chi connectivity index (χ0v) is 41.6. The van der Waals surface area contributed by atoms with E-state index < -0.39 is 6.10 Å². The number of ether oxygens (including phenoxy) is 3. The van der Waals surface area contributed by atoms with Crippen molar-refractivity contribution in [3.8, 4) is 0 Å². The fourth-order valence-electron chi connectivity index (χ4n) is 8.36. The summed E-state index contributed by atoms with van der Waals surface area (Å²) in [5.41, 5.74) is 0.